The van der Waals surface area contributed by atoms with Crippen molar-refractivity contribution in [1.82, 2.24) is 4.98 Å². The zero-order valence-corrected chi connectivity index (χ0v) is 16.3. The van der Waals surface area contributed by atoms with Crippen LogP contribution in [0.2, 0.25) is 13.1 Å². The quantitative estimate of drug-likeness (QED) is 0.774. The maximum absolute atomic E-state index is 13.1. The van der Waals surface area contributed by atoms with Crippen LogP contribution in [0.5, 0.6) is 5.88 Å². The Kier molecular flexibility index (Phi) is 4.34. The van der Waals surface area contributed by atoms with E-state index in [4.69, 9.17) is 4.43 Å². The van der Waals surface area contributed by atoms with Gasteiger partial charge in [0, 0.05) is 11.1 Å². The molecule has 0 N–H and O–H groups in total. The second-order valence-corrected chi connectivity index (χ2v) is 10.1. The fourth-order valence-corrected chi connectivity index (χ4v) is 3.67. The van der Waals surface area contributed by atoms with Crippen LogP contribution in [0.4, 0.5) is 0 Å². The summed E-state index contributed by atoms with van der Waals surface area (Å²) < 4.78 is 5.81. The van der Waals surface area contributed by atoms with Gasteiger partial charge in [-0.2, -0.15) is 0 Å². The topological polar surface area (TPSA) is 39.2 Å². The molecule has 0 radical (unpaired) electrons. The Hall–Kier alpha value is -1.94. The van der Waals surface area contributed by atoms with Gasteiger partial charge >= 0.3 is 0 Å². The lowest BCUT2D eigenvalue weighted by atomic mass is 9.84. The fraction of sp³-hybridized carbons (Fsp3) is 0.400. The summed E-state index contributed by atoms with van der Waals surface area (Å²) in [5.41, 5.74) is 4.75. The highest BCUT2D eigenvalue weighted by atomic mass is 28.3. The minimum Gasteiger partial charge on any atom is -0.534 e. The number of aromatic nitrogens is 1. The lowest BCUT2D eigenvalue weighted by molar-refractivity contribution is 0.103. The van der Waals surface area contributed by atoms with Gasteiger partial charge in [0.15, 0.2) is 11.7 Å². The molecule has 0 aliphatic heterocycles. The lowest BCUT2D eigenvalue weighted by Crippen LogP contribution is -2.14. The van der Waals surface area contributed by atoms with E-state index >= 15 is 0 Å². The lowest BCUT2D eigenvalue weighted by Gasteiger charge is -2.20. The first-order chi connectivity index (χ1) is 11.3. The van der Waals surface area contributed by atoms with Crippen LogP contribution in [-0.2, 0) is 18.3 Å². The number of carbonyl (C=O) groups excluding carboxylic acids is 1. The van der Waals surface area contributed by atoms with E-state index in [9.17, 15) is 4.79 Å². The molecule has 4 heteroatoms. The van der Waals surface area contributed by atoms with E-state index in [1.54, 1.807) is 0 Å². The number of hydrogen-bond donors (Lipinski definition) is 0. The predicted octanol–water partition coefficient (Wildman–Crippen LogP) is 4.07. The Balaban J connectivity index is 2.04. The summed E-state index contributed by atoms with van der Waals surface area (Å²) in [6.07, 6.45) is 1.62. The summed E-state index contributed by atoms with van der Waals surface area (Å²) in [5, 5.41) is 0. The second-order valence-electron chi connectivity index (χ2n) is 7.76. The van der Waals surface area contributed by atoms with Crippen molar-refractivity contribution in [3.8, 4) is 5.88 Å². The average Bonchev–Trinajstić information content (AvgIpc) is 2.63. The van der Waals surface area contributed by atoms with Crippen molar-refractivity contribution in [1.29, 1.82) is 0 Å². The van der Waals surface area contributed by atoms with Crippen LogP contribution in [0.1, 0.15) is 53.5 Å². The number of carbonyl (C=O) groups is 1. The molecule has 3 nitrogen and oxygen atoms in total. The Labute approximate surface area is 145 Å². The van der Waals surface area contributed by atoms with E-state index in [0.717, 1.165) is 35.2 Å². The van der Waals surface area contributed by atoms with Gasteiger partial charge in [-0.15, -0.1) is 0 Å². The van der Waals surface area contributed by atoms with Crippen LogP contribution in [0.25, 0.3) is 0 Å². The number of fused-ring (bicyclic) bond motifs is 2. The predicted molar refractivity (Wildman–Crippen MR) is 99.7 cm³/mol. The Morgan fingerprint density at radius 2 is 1.79 bits per heavy atom. The van der Waals surface area contributed by atoms with Crippen molar-refractivity contribution < 1.29 is 9.22 Å². The van der Waals surface area contributed by atoms with Crippen LogP contribution >= 0.6 is 0 Å². The minimum atomic E-state index is -1.20. The van der Waals surface area contributed by atoms with Crippen molar-refractivity contribution in [2.75, 3.05) is 0 Å². The molecule has 0 spiro atoms. The maximum atomic E-state index is 13.1. The first-order valence-corrected chi connectivity index (χ1v) is 11.4. The molecule has 2 aromatic rings. The summed E-state index contributed by atoms with van der Waals surface area (Å²) in [5.74, 6) is 0.744. The van der Waals surface area contributed by atoms with Crippen molar-refractivity contribution in [3.05, 3.63) is 58.3 Å². The Morgan fingerprint density at radius 3 is 2.46 bits per heavy atom. The normalized spacial score (nSPS) is 14.2. The summed E-state index contributed by atoms with van der Waals surface area (Å²) in [6.45, 7) is 10.7. The van der Waals surface area contributed by atoms with E-state index in [0.29, 0.717) is 5.88 Å². The Bertz CT molecular complexity index is 791. The highest BCUT2D eigenvalue weighted by Gasteiger charge is 2.25. The number of rotatable bonds is 2. The third-order valence-corrected chi connectivity index (χ3v) is 5.11. The third kappa shape index (κ3) is 3.29. The number of ketones is 1. The third-order valence-electron chi connectivity index (χ3n) is 4.40. The van der Waals surface area contributed by atoms with Crippen LogP contribution < -0.4 is 4.43 Å². The molecular formula is C20H25NO2Si. The van der Waals surface area contributed by atoms with E-state index in [1.165, 1.54) is 5.56 Å². The molecule has 1 aliphatic rings. The van der Waals surface area contributed by atoms with E-state index in [-0.39, 0.29) is 11.2 Å². The average molecular weight is 340 g/mol. The number of aryl methyl sites for hydroxylation is 2. The van der Waals surface area contributed by atoms with E-state index < -0.39 is 9.04 Å². The van der Waals surface area contributed by atoms with Crippen LogP contribution in [-0.4, -0.2) is 19.8 Å². The van der Waals surface area contributed by atoms with Crippen molar-refractivity contribution in [3.63, 3.8) is 0 Å². The summed E-state index contributed by atoms with van der Waals surface area (Å²) in [7, 11) is -1.20. The molecule has 1 aliphatic carbocycles. The van der Waals surface area contributed by atoms with Crippen LogP contribution in [0, 0.1) is 0 Å². The molecule has 1 aromatic carbocycles. The smallest absolute Gasteiger partial charge is 0.231 e. The van der Waals surface area contributed by atoms with Gasteiger partial charge in [0.2, 0.25) is 9.04 Å². The first kappa shape index (κ1) is 16.9. The standard InChI is InChI=1S/C20H25NO2Si/c1-20(2,3)14-8-6-13-7-10-17-15(19(22)16(13)12-14)9-11-18(21-17)23-24(4)5/h6,8-9,11-12,24H,7,10H2,1-5H3. The van der Waals surface area contributed by atoms with Crippen molar-refractivity contribution in [2.45, 2.75) is 52.1 Å². The Morgan fingerprint density at radius 1 is 1.04 bits per heavy atom. The van der Waals surface area contributed by atoms with E-state index in [2.05, 4.69) is 57.0 Å². The highest BCUT2D eigenvalue weighted by molar-refractivity contribution is 6.49. The van der Waals surface area contributed by atoms with Gasteiger partial charge in [0.1, 0.15) is 0 Å². The molecule has 3 rings (SSSR count). The summed E-state index contributed by atoms with van der Waals surface area (Å²) in [4.78, 5) is 17.7. The molecule has 0 unspecified atom stereocenters. The van der Waals surface area contributed by atoms with Gasteiger partial charge in [-0.05, 0) is 60.7 Å². The van der Waals surface area contributed by atoms with Gasteiger partial charge in [-0.1, -0.05) is 32.9 Å². The highest BCUT2D eigenvalue weighted by Crippen LogP contribution is 2.30. The zero-order chi connectivity index (χ0) is 17.5. The van der Waals surface area contributed by atoms with Gasteiger partial charge in [-0.3, -0.25) is 4.79 Å². The molecule has 0 atom stereocenters. The van der Waals surface area contributed by atoms with Gasteiger partial charge in [0.05, 0.1) is 5.69 Å². The molecule has 0 saturated carbocycles. The van der Waals surface area contributed by atoms with Gasteiger partial charge in [0.25, 0.3) is 0 Å². The van der Waals surface area contributed by atoms with Crippen molar-refractivity contribution in [2.24, 2.45) is 0 Å². The molecule has 0 amide bonds. The largest absolute Gasteiger partial charge is 0.534 e. The zero-order valence-electron chi connectivity index (χ0n) is 15.1. The molecular weight excluding hydrogens is 314 g/mol. The number of nitrogens with zero attached hydrogens (tertiary/aromatic N) is 1. The molecule has 24 heavy (non-hydrogen) atoms. The number of hydrogen-bond acceptors (Lipinski definition) is 3. The molecule has 126 valence electrons. The van der Waals surface area contributed by atoms with Crippen LogP contribution in [0.3, 0.4) is 0 Å². The first-order valence-electron chi connectivity index (χ1n) is 8.60. The SMILES string of the molecule is C[SiH](C)Oc1ccc2c(n1)CCc1ccc(C(C)(C)C)cc1C2=O. The number of benzene rings is 1. The van der Waals surface area contributed by atoms with Crippen LogP contribution in [0.15, 0.2) is 30.3 Å². The van der Waals surface area contributed by atoms with E-state index in [1.807, 2.05) is 12.1 Å². The molecule has 1 aromatic heterocycles. The number of pyridine rings is 1. The molecule has 0 saturated heterocycles. The summed E-state index contributed by atoms with van der Waals surface area (Å²) in [6, 6.07) is 10.0. The maximum Gasteiger partial charge on any atom is 0.231 e. The molecule has 0 bridgehead atoms. The molecule has 1 heterocycles. The summed E-state index contributed by atoms with van der Waals surface area (Å²) >= 11 is 0. The minimum absolute atomic E-state index is 0.0300. The van der Waals surface area contributed by atoms with Gasteiger partial charge < -0.3 is 4.43 Å². The van der Waals surface area contributed by atoms with Gasteiger partial charge in [-0.25, -0.2) is 4.98 Å². The fourth-order valence-electron chi connectivity index (χ4n) is 3.06. The monoisotopic (exact) mass is 339 g/mol. The molecule has 0 fully saturated rings. The second kappa shape index (κ2) is 6.17. The van der Waals surface area contributed by atoms with Crippen molar-refractivity contribution >= 4 is 14.8 Å².